The van der Waals surface area contributed by atoms with Crippen molar-refractivity contribution < 1.29 is 29.0 Å². The zero-order valence-corrected chi connectivity index (χ0v) is 21.5. The summed E-state index contributed by atoms with van der Waals surface area (Å²) in [7, 11) is 0. The van der Waals surface area contributed by atoms with Crippen LogP contribution in [0.25, 0.3) is 0 Å². The standard InChI is InChI=1S/C21H43NO2S.Zn/c1-3-5-7-9-11-13-15-17-19-22(25)21(23)24-20-18-16-14-12-10-8-6-4-2;/h25H,3-20H2,1-2H3;. The quantitative estimate of drug-likeness (QED) is 0.136. The molecule has 0 heterocycles. The summed E-state index contributed by atoms with van der Waals surface area (Å²) in [6.45, 7) is 5.71. The van der Waals surface area contributed by atoms with E-state index in [1.54, 1.807) is 0 Å². The second-order valence-corrected chi connectivity index (χ2v) is 7.67. The van der Waals surface area contributed by atoms with Crippen LogP contribution in [0.2, 0.25) is 0 Å². The zero-order valence-electron chi connectivity index (χ0n) is 17.6. The van der Waals surface area contributed by atoms with Gasteiger partial charge in [-0.15, -0.1) is 0 Å². The number of ether oxygens (including phenoxy) is 1. The van der Waals surface area contributed by atoms with Gasteiger partial charge in [0.25, 0.3) is 0 Å². The third-order valence-corrected chi connectivity index (χ3v) is 5.02. The van der Waals surface area contributed by atoms with Gasteiger partial charge in [0.1, 0.15) is 0 Å². The molecule has 3 nitrogen and oxygen atoms in total. The largest absolute Gasteiger partial charge is 0.449 e. The molecule has 0 fully saturated rings. The molecule has 0 saturated carbocycles. The number of carbonyl (C=O) groups is 1. The van der Waals surface area contributed by atoms with Crippen molar-refractivity contribution in [3.63, 3.8) is 0 Å². The van der Waals surface area contributed by atoms with Crippen LogP contribution in [0, 0.1) is 0 Å². The van der Waals surface area contributed by atoms with Gasteiger partial charge in [-0.1, -0.05) is 117 Å². The van der Waals surface area contributed by atoms with Crippen LogP contribution in [0.1, 0.15) is 117 Å². The summed E-state index contributed by atoms with van der Waals surface area (Å²) in [6.07, 6.45) is 19.9. The maximum Gasteiger partial charge on any atom is 0.419 e. The molecule has 0 N–H and O–H groups in total. The van der Waals surface area contributed by atoms with Crippen LogP contribution in [0.5, 0.6) is 0 Å². The van der Waals surface area contributed by atoms with E-state index >= 15 is 0 Å². The summed E-state index contributed by atoms with van der Waals surface area (Å²) in [4.78, 5) is 11.8. The molecule has 0 aliphatic carbocycles. The molecule has 0 aromatic carbocycles. The Morgan fingerprint density at radius 2 is 1.08 bits per heavy atom. The molecule has 1 amide bonds. The fraction of sp³-hybridized carbons (Fsp3) is 0.952. The Kier molecular flexibility index (Phi) is 25.5. The van der Waals surface area contributed by atoms with E-state index in [1.807, 2.05) is 0 Å². The molecule has 152 valence electrons. The molecule has 26 heavy (non-hydrogen) atoms. The number of unbranched alkanes of at least 4 members (excludes halogenated alkanes) is 14. The molecule has 0 atom stereocenters. The number of nitrogens with zero attached hydrogens (tertiary/aromatic N) is 1. The molecule has 0 bridgehead atoms. The molecule has 0 radical (unpaired) electrons. The SMILES string of the molecule is CCCCCCCCCCOC(=O)N(S)CCCCCCCCCC.[Zn]. The van der Waals surface area contributed by atoms with Crippen molar-refractivity contribution in [3.8, 4) is 0 Å². The van der Waals surface area contributed by atoms with Crippen LogP contribution < -0.4 is 0 Å². The topological polar surface area (TPSA) is 29.5 Å². The fourth-order valence-corrected chi connectivity index (χ4v) is 3.16. The first kappa shape index (κ1) is 28.5. The van der Waals surface area contributed by atoms with E-state index in [4.69, 9.17) is 4.74 Å². The van der Waals surface area contributed by atoms with E-state index in [0.29, 0.717) is 13.2 Å². The van der Waals surface area contributed by atoms with Crippen LogP contribution in [0.3, 0.4) is 0 Å². The molecule has 0 spiro atoms. The van der Waals surface area contributed by atoms with Gasteiger partial charge < -0.3 is 4.74 Å². The second kappa shape index (κ2) is 23.3. The molecule has 0 aromatic heterocycles. The summed E-state index contributed by atoms with van der Waals surface area (Å²) in [5.74, 6) is 0. The van der Waals surface area contributed by atoms with E-state index in [0.717, 1.165) is 19.3 Å². The molecular weight excluding hydrogens is 396 g/mol. The van der Waals surface area contributed by atoms with Crippen molar-refractivity contribution in [2.24, 2.45) is 0 Å². The van der Waals surface area contributed by atoms with Gasteiger partial charge in [-0.3, -0.25) is 4.31 Å². The van der Waals surface area contributed by atoms with E-state index < -0.39 is 0 Å². The average molecular weight is 439 g/mol. The maximum atomic E-state index is 11.8. The first-order valence-electron chi connectivity index (χ1n) is 10.9. The molecule has 0 rings (SSSR count). The Morgan fingerprint density at radius 1 is 0.692 bits per heavy atom. The normalized spacial score (nSPS) is 10.4. The monoisotopic (exact) mass is 437 g/mol. The summed E-state index contributed by atoms with van der Waals surface area (Å²) < 4.78 is 6.71. The van der Waals surface area contributed by atoms with Gasteiger partial charge in [0.05, 0.1) is 6.61 Å². The van der Waals surface area contributed by atoms with Crippen molar-refractivity contribution in [2.45, 2.75) is 117 Å². The summed E-state index contributed by atoms with van der Waals surface area (Å²) >= 11 is 4.25. The number of hydrogen-bond acceptors (Lipinski definition) is 3. The van der Waals surface area contributed by atoms with Crippen molar-refractivity contribution >= 4 is 18.9 Å². The number of carbonyl (C=O) groups excluding carboxylic acids is 1. The van der Waals surface area contributed by atoms with Crippen LogP contribution in [0.15, 0.2) is 0 Å². The molecule has 5 heteroatoms. The van der Waals surface area contributed by atoms with Gasteiger partial charge in [-0.25, -0.2) is 4.79 Å². The van der Waals surface area contributed by atoms with Gasteiger partial charge in [-0.05, 0) is 12.8 Å². The van der Waals surface area contributed by atoms with E-state index in [9.17, 15) is 4.79 Å². The molecule has 0 aromatic rings. The second-order valence-electron chi connectivity index (χ2n) is 7.19. The first-order chi connectivity index (χ1) is 12.2. The van der Waals surface area contributed by atoms with Gasteiger partial charge in [-0.2, -0.15) is 0 Å². The number of rotatable bonds is 18. The van der Waals surface area contributed by atoms with Crippen LogP contribution in [-0.2, 0) is 24.2 Å². The third-order valence-electron chi connectivity index (χ3n) is 4.66. The van der Waals surface area contributed by atoms with Crippen molar-refractivity contribution in [1.82, 2.24) is 4.31 Å². The number of thiol groups is 1. The number of hydrogen-bond donors (Lipinski definition) is 1. The molecule has 0 aliphatic heterocycles. The summed E-state index contributed by atoms with van der Waals surface area (Å²) in [5, 5.41) is 0. The predicted molar refractivity (Wildman–Crippen MR) is 112 cm³/mol. The molecule has 0 aliphatic rings. The van der Waals surface area contributed by atoms with Crippen LogP contribution in [0.4, 0.5) is 4.79 Å². The van der Waals surface area contributed by atoms with E-state index in [-0.39, 0.29) is 25.6 Å². The Balaban J connectivity index is 0. The first-order valence-corrected chi connectivity index (χ1v) is 11.3. The van der Waals surface area contributed by atoms with Gasteiger partial charge in [0, 0.05) is 26.0 Å². The van der Waals surface area contributed by atoms with Gasteiger partial charge in [0.2, 0.25) is 0 Å². The maximum absolute atomic E-state index is 11.8. The average Bonchev–Trinajstić information content (AvgIpc) is 2.62. The van der Waals surface area contributed by atoms with Gasteiger partial charge >= 0.3 is 6.09 Å². The molecule has 0 saturated heterocycles. The zero-order chi connectivity index (χ0) is 18.6. The number of amides is 1. The van der Waals surface area contributed by atoms with Gasteiger partial charge in [0.15, 0.2) is 0 Å². The van der Waals surface area contributed by atoms with Crippen molar-refractivity contribution in [1.29, 1.82) is 0 Å². The van der Waals surface area contributed by atoms with Crippen molar-refractivity contribution in [3.05, 3.63) is 0 Å². The smallest absolute Gasteiger partial charge is 0.419 e. The van der Waals surface area contributed by atoms with Crippen LogP contribution in [-0.4, -0.2) is 23.6 Å². The fourth-order valence-electron chi connectivity index (χ4n) is 2.96. The van der Waals surface area contributed by atoms with Crippen LogP contribution >= 0.6 is 12.8 Å². The molecular formula is C21H43NO2SZn. The Bertz CT molecular complexity index is 293. The Morgan fingerprint density at radius 3 is 1.54 bits per heavy atom. The Hall–Kier alpha value is 0.243. The van der Waals surface area contributed by atoms with Crippen molar-refractivity contribution in [2.75, 3.05) is 13.2 Å². The predicted octanol–water partition coefficient (Wildman–Crippen LogP) is 7.55. The van der Waals surface area contributed by atoms with E-state index in [1.165, 1.54) is 87.8 Å². The molecule has 0 unspecified atom stereocenters. The summed E-state index contributed by atoms with van der Waals surface area (Å²) in [5.41, 5.74) is 0. The summed E-state index contributed by atoms with van der Waals surface area (Å²) in [6, 6.07) is 0. The van der Waals surface area contributed by atoms with E-state index in [2.05, 4.69) is 26.7 Å². The minimum absolute atomic E-state index is 0. The minimum atomic E-state index is -0.283. The Labute approximate surface area is 181 Å². The minimum Gasteiger partial charge on any atom is -0.449 e. The third kappa shape index (κ3) is 20.6.